The summed E-state index contributed by atoms with van der Waals surface area (Å²) in [6.07, 6.45) is 7.66. The summed E-state index contributed by atoms with van der Waals surface area (Å²) in [7, 11) is 0. The highest BCUT2D eigenvalue weighted by molar-refractivity contribution is 6.31. The fourth-order valence-corrected chi connectivity index (χ4v) is 2.80. The Bertz CT molecular complexity index is 444. The van der Waals surface area contributed by atoms with Crippen LogP contribution in [0.1, 0.15) is 44.9 Å². The summed E-state index contributed by atoms with van der Waals surface area (Å²) >= 11 is 5.67. The smallest absolute Gasteiger partial charge is 0.224 e. The van der Waals surface area contributed by atoms with E-state index in [0.717, 1.165) is 6.42 Å². The Labute approximate surface area is 118 Å². The second-order valence-electron chi connectivity index (χ2n) is 5.19. The number of halogens is 2. The third-order valence-electron chi connectivity index (χ3n) is 3.73. The van der Waals surface area contributed by atoms with Crippen molar-refractivity contribution in [1.82, 2.24) is 0 Å². The molecule has 0 heterocycles. The lowest BCUT2D eigenvalue weighted by atomic mass is 9.86. The van der Waals surface area contributed by atoms with Gasteiger partial charge in [-0.15, -0.1) is 0 Å². The zero-order valence-electron chi connectivity index (χ0n) is 10.9. The highest BCUT2D eigenvalue weighted by Gasteiger charge is 2.15. The van der Waals surface area contributed by atoms with Gasteiger partial charge in [0, 0.05) is 6.42 Å². The summed E-state index contributed by atoms with van der Waals surface area (Å²) in [6, 6.07) is 4.62. The van der Waals surface area contributed by atoms with Gasteiger partial charge in [-0.3, -0.25) is 4.79 Å². The zero-order chi connectivity index (χ0) is 13.7. The quantitative estimate of drug-likeness (QED) is 0.846. The number of rotatable bonds is 4. The van der Waals surface area contributed by atoms with Gasteiger partial charge in [0.1, 0.15) is 0 Å². The van der Waals surface area contributed by atoms with E-state index in [1.54, 1.807) is 6.07 Å². The highest BCUT2D eigenvalue weighted by atomic mass is 35.5. The van der Waals surface area contributed by atoms with E-state index in [2.05, 4.69) is 5.32 Å². The average Bonchev–Trinajstić information content (AvgIpc) is 2.43. The molecule has 0 aromatic heterocycles. The van der Waals surface area contributed by atoms with Crippen LogP contribution in [-0.4, -0.2) is 5.91 Å². The summed E-state index contributed by atoms with van der Waals surface area (Å²) in [6.45, 7) is 0. The van der Waals surface area contributed by atoms with E-state index in [9.17, 15) is 9.18 Å². The average molecular weight is 284 g/mol. The molecule has 1 aliphatic rings. The van der Waals surface area contributed by atoms with Crippen molar-refractivity contribution in [2.75, 3.05) is 5.32 Å². The Balaban J connectivity index is 1.82. The normalized spacial score (nSPS) is 16.3. The van der Waals surface area contributed by atoms with Crippen LogP contribution in [0.3, 0.4) is 0 Å². The molecule has 104 valence electrons. The van der Waals surface area contributed by atoms with Crippen LogP contribution in [0.15, 0.2) is 18.2 Å². The van der Waals surface area contributed by atoms with Crippen molar-refractivity contribution in [2.45, 2.75) is 44.9 Å². The van der Waals surface area contributed by atoms with Crippen LogP contribution in [-0.2, 0) is 4.79 Å². The number of amides is 1. The van der Waals surface area contributed by atoms with Crippen LogP contribution in [0.4, 0.5) is 10.1 Å². The van der Waals surface area contributed by atoms with Gasteiger partial charge in [-0.2, -0.15) is 0 Å². The van der Waals surface area contributed by atoms with Crippen LogP contribution in [0.5, 0.6) is 0 Å². The molecule has 1 aliphatic carbocycles. The second kappa shape index (κ2) is 6.90. The fourth-order valence-electron chi connectivity index (χ4n) is 2.62. The van der Waals surface area contributed by atoms with Gasteiger partial charge in [0.25, 0.3) is 0 Å². The molecule has 4 heteroatoms. The number of carbonyl (C=O) groups is 1. The lowest BCUT2D eigenvalue weighted by Gasteiger charge is -2.21. The lowest BCUT2D eigenvalue weighted by Crippen LogP contribution is -2.15. The van der Waals surface area contributed by atoms with Crippen LogP contribution in [0.2, 0.25) is 5.02 Å². The van der Waals surface area contributed by atoms with E-state index in [0.29, 0.717) is 12.3 Å². The van der Waals surface area contributed by atoms with Crippen molar-refractivity contribution in [3.8, 4) is 0 Å². The molecule has 0 atom stereocenters. The number of hydrogen-bond acceptors (Lipinski definition) is 1. The summed E-state index contributed by atoms with van der Waals surface area (Å²) in [5.41, 5.74) is 0.168. The van der Waals surface area contributed by atoms with Gasteiger partial charge < -0.3 is 5.32 Å². The molecule has 2 rings (SSSR count). The molecule has 0 unspecified atom stereocenters. The number of anilines is 1. The first-order valence-electron chi connectivity index (χ1n) is 6.90. The topological polar surface area (TPSA) is 29.1 Å². The van der Waals surface area contributed by atoms with Gasteiger partial charge in [0.2, 0.25) is 5.91 Å². The molecule has 19 heavy (non-hydrogen) atoms. The Morgan fingerprint density at radius 3 is 2.79 bits per heavy atom. The van der Waals surface area contributed by atoms with Gasteiger partial charge in [0.15, 0.2) is 5.82 Å². The third kappa shape index (κ3) is 4.20. The van der Waals surface area contributed by atoms with Crippen molar-refractivity contribution in [1.29, 1.82) is 0 Å². The van der Waals surface area contributed by atoms with E-state index in [4.69, 9.17) is 11.6 Å². The minimum atomic E-state index is -0.560. The molecular weight excluding hydrogens is 265 g/mol. The Morgan fingerprint density at radius 1 is 1.32 bits per heavy atom. The monoisotopic (exact) mass is 283 g/mol. The number of hydrogen-bond donors (Lipinski definition) is 1. The first-order valence-corrected chi connectivity index (χ1v) is 7.28. The number of carbonyl (C=O) groups excluding carboxylic acids is 1. The number of nitrogens with one attached hydrogen (secondary N) is 1. The van der Waals surface area contributed by atoms with Crippen LogP contribution >= 0.6 is 11.6 Å². The third-order valence-corrected chi connectivity index (χ3v) is 4.02. The number of benzene rings is 1. The predicted octanol–water partition coefficient (Wildman–Crippen LogP) is 4.78. The van der Waals surface area contributed by atoms with Crippen molar-refractivity contribution >= 4 is 23.2 Å². The van der Waals surface area contributed by atoms with Gasteiger partial charge in [0.05, 0.1) is 10.7 Å². The molecule has 0 saturated heterocycles. The summed E-state index contributed by atoms with van der Waals surface area (Å²) < 4.78 is 13.6. The van der Waals surface area contributed by atoms with E-state index >= 15 is 0 Å². The lowest BCUT2D eigenvalue weighted by molar-refractivity contribution is -0.116. The van der Waals surface area contributed by atoms with E-state index < -0.39 is 5.82 Å². The molecule has 2 nitrogen and oxygen atoms in total. The van der Waals surface area contributed by atoms with Crippen LogP contribution in [0, 0.1) is 11.7 Å². The highest BCUT2D eigenvalue weighted by Crippen LogP contribution is 2.27. The maximum Gasteiger partial charge on any atom is 0.224 e. The Hall–Kier alpha value is -1.09. The van der Waals surface area contributed by atoms with Crippen molar-refractivity contribution < 1.29 is 9.18 Å². The van der Waals surface area contributed by atoms with Crippen LogP contribution in [0.25, 0.3) is 0 Å². The molecule has 0 radical (unpaired) electrons. The van der Waals surface area contributed by atoms with E-state index in [1.165, 1.54) is 44.2 Å². The molecule has 0 spiro atoms. The van der Waals surface area contributed by atoms with Crippen LogP contribution < -0.4 is 5.32 Å². The maximum absolute atomic E-state index is 13.6. The predicted molar refractivity (Wildman–Crippen MR) is 75.8 cm³/mol. The first-order chi connectivity index (χ1) is 9.16. The second-order valence-corrected chi connectivity index (χ2v) is 5.60. The molecule has 1 aromatic rings. The fraction of sp³-hybridized carbons (Fsp3) is 0.533. The molecule has 1 saturated carbocycles. The molecule has 0 aliphatic heterocycles. The largest absolute Gasteiger partial charge is 0.324 e. The van der Waals surface area contributed by atoms with Crippen molar-refractivity contribution in [3.63, 3.8) is 0 Å². The summed E-state index contributed by atoms with van der Waals surface area (Å²) in [5.74, 6) is -0.0365. The Morgan fingerprint density at radius 2 is 2.05 bits per heavy atom. The van der Waals surface area contributed by atoms with Gasteiger partial charge in [-0.05, 0) is 24.5 Å². The molecule has 1 amide bonds. The molecule has 0 bridgehead atoms. The van der Waals surface area contributed by atoms with Gasteiger partial charge in [-0.25, -0.2) is 4.39 Å². The minimum absolute atomic E-state index is 0.0325. The molecule has 1 aromatic carbocycles. The SMILES string of the molecule is O=C(CCC1CCCCC1)Nc1cccc(Cl)c1F. The molecular formula is C15H19ClFNO. The Kier molecular flexibility index (Phi) is 5.20. The summed E-state index contributed by atoms with van der Waals surface area (Å²) in [5, 5.41) is 2.62. The molecule has 1 N–H and O–H groups in total. The summed E-state index contributed by atoms with van der Waals surface area (Å²) in [4.78, 5) is 11.8. The standard InChI is InChI=1S/C15H19ClFNO/c16-12-7-4-8-13(15(12)17)18-14(19)10-9-11-5-2-1-3-6-11/h4,7-8,11H,1-3,5-6,9-10H2,(H,18,19). The van der Waals surface area contributed by atoms with E-state index in [-0.39, 0.29) is 16.6 Å². The van der Waals surface area contributed by atoms with E-state index in [1.807, 2.05) is 0 Å². The van der Waals surface area contributed by atoms with Crippen molar-refractivity contribution in [2.24, 2.45) is 5.92 Å². The van der Waals surface area contributed by atoms with Gasteiger partial charge >= 0.3 is 0 Å². The first kappa shape index (κ1) is 14.3. The van der Waals surface area contributed by atoms with Gasteiger partial charge in [-0.1, -0.05) is 49.8 Å². The maximum atomic E-state index is 13.6. The zero-order valence-corrected chi connectivity index (χ0v) is 11.7. The minimum Gasteiger partial charge on any atom is -0.324 e. The molecule has 1 fully saturated rings. The van der Waals surface area contributed by atoms with Crippen molar-refractivity contribution in [3.05, 3.63) is 29.0 Å².